The monoisotopic (exact) mass is 632 g/mol. The van der Waals surface area contributed by atoms with Gasteiger partial charge >= 0.3 is 0 Å². The van der Waals surface area contributed by atoms with Gasteiger partial charge in [-0.05, 0) is 73.9 Å². The van der Waals surface area contributed by atoms with E-state index in [2.05, 4.69) is 119 Å². The van der Waals surface area contributed by atoms with Gasteiger partial charge in [0, 0.05) is 47.9 Å². The van der Waals surface area contributed by atoms with E-state index in [9.17, 15) is 0 Å². The molecular formula is C34H38Br2N2. The van der Waals surface area contributed by atoms with Crippen molar-refractivity contribution in [1.82, 2.24) is 0 Å². The van der Waals surface area contributed by atoms with Gasteiger partial charge in [-0.1, -0.05) is 48.5 Å². The molecule has 0 radical (unpaired) electrons. The highest BCUT2D eigenvalue weighted by atomic mass is 79.9. The number of unbranched alkanes of at least 4 members (excludes halogenated alkanes) is 4. The standard InChI is InChI=1S/C34H38N2.2BrH/c1(9-24-35-26-12-20-31-18-5-7-22-33(31)35)3-14-29-16-11-17-30(28-29)15-4-2-10-25-36-27-13-21-32-19-6-8-23-34(32)36;;/h5-8,11-13,16-23,26-28H,1-4,9-10,14-15,24-25H2;2*1H/q+2;;/p-2. The number of rotatable bonds is 12. The summed E-state index contributed by atoms with van der Waals surface area (Å²) in [6.45, 7) is 2.19. The molecule has 0 saturated carbocycles. The van der Waals surface area contributed by atoms with Crippen LogP contribution in [0.3, 0.4) is 0 Å². The molecule has 5 rings (SSSR count). The Hall–Kier alpha value is -2.56. The van der Waals surface area contributed by atoms with Crippen LogP contribution in [-0.4, -0.2) is 0 Å². The van der Waals surface area contributed by atoms with E-state index in [0.717, 1.165) is 13.1 Å². The van der Waals surface area contributed by atoms with Gasteiger partial charge in [-0.15, -0.1) is 0 Å². The number of aromatic nitrogens is 2. The molecular weight excluding hydrogens is 596 g/mol. The average Bonchev–Trinajstić information content (AvgIpc) is 2.93. The molecule has 5 aromatic rings. The van der Waals surface area contributed by atoms with Crippen molar-refractivity contribution in [3.63, 3.8) is 0 Å². The van der Waals surface area contributed by atoms with Gasteiger partial charge in [0.25, 0.3) is 0 Å². The predicted octanol–water partition coefficient (Wildman–Crippen LogP) is 1.40. The quantitative estimate of drug-likeness (QED) is 0.145. The van der Waals surface area contributed by atoms with E-state index < -0.39 is 0 Å². The minimum absolute atomic E-state index is 0. The summed E-state index contributed by atoms with van der Waals surface area (Å²) < 4.78 is 4.80. The summed E-state index contributed by atoms with van der Waals surface area (Å²) in [7, 11) is 0. The summed E-state index contributed by atoms with van der Waals surface area (Å²) in [6, 6.07) is 35.4. The van der Waals surface area contributed by atoms with Gasteiger partial charge in [0.05, 0.1) is 0 Å². The summed E-state index contributed by atoms with van der Waals surface area (Å²) in [5.74, 6) is 0. The Labute approximate surface area is 248 Å². The first-order valence-corrected chi connectivity index (χ1v) is 13.7. The van der Waals surface area contributed by atoms with Crippen LogP contribution in [-0.2, 0) is 25.9 Å². The lowest BCUT2D eigenvalue weighted by atomic mass is 10.0. The highest BCUT2D eigenvalue weighted by molar-refractivity contribution is 5.75. The minimum Gasteiger partial charge on any atom is -1.00 e. The third kappa shape index (κ3) is 8.22. The Morgan fingerprint density at radius 1 is 0.421 bits per heavy atom. The molecule has 0 atom stereocenters. The van der Waals surface area contributed by atoms with Crippen molar-refractivity contribution in [2.45, 2.75) is 64.5 Å². The molecule has 0 saturated heterocycles. The van der Waals surface area contributed by atoms with Crippen molar-refractivity contribution in [2.24, 2.45) is 0 Å². The number of hydrogen-bond donors (Lipinski definition) is 0. The first-order chi connectivity index (χ1) is 17.9. The van der Waals surface area contributed by atoms with E-state index >= 15 is 0 Å². The van der Waals surface area contributed by atoms with Gasteiger partial charge in [0.2, 0.25) is 11.0 Å². The molecule has 4 heteroatoms. The molecule has 0 unspecified atom stereocenters. The Balaban J connectivity index is 0.00000200. The number of hydrogen-bond acceptors (Lipinski definition) is 0. The van der Waals surface area contributed by atoms with E-state index in [4.69, 9.17) is 0 Å². The fourth-order valence-corrected chi connectivity index (χ4v) is 5.35. The van der Waals surface area contributed by atoms with Crippen LogP contribution in [0.5, 0.6) is 0 Å². The molecule has 0 fully saturated rings. The molecule has 38 heavy (non-hydrogen) atoms. The first kappa shape index (κ1) is 30.0. The molecule has 0 aliphatic carbocycles. The van der Waals surface area contributed by atoms with Crippen LogP contribution in [0.25, 0.3) is 21.8 Å². The molecule has 0 aliphatic rings. The largest absolute Gasteiger partial charge is 1.00 e. The first-order valence-electron chi connectivity index (χ1n) is 13.7. The van der Waals surface area contributed by atoms with Crippen LogP contribution in [0, 0.1) is 0 Å². The second-order valence-corrected chi connectivity index (χ2v) is 9.96. The SMILES string of the molecule is [Br-].[Br-].c1cc(CCCCC[n+]2cccc3ccccc32)cc(CCCCC[n+]2cccc3ccccc32)c1. The molecule has 3 aromatic carbocycles. The van der Waals surface area contributed by atoms with E-state index in [1.807, 2.05) is 0 Å². The van der Waals surface area contributed by atoms with Crippen LogP contribution >= 0.6 is 0 Å². The molecule has 2 nitrogen and oxygen atoms in total. The lowest BCUT2D eigenvalue weighted by molar-refractivity contribution is -0.672. The molecule has 2 aromatic heterocycles. The Morgan fingerprint density at radius 2 is 0.868 bits per heavy atom. The topological polar surface area (TPSA) is 7.76 Å². The zero-order valence-corrected chi connectivity index (χ0v) is 25.3. The summed E-state index contributed by atoms with van der Waals surface area (Å²) in [5, 5.41) is 2.65. The molecule has 0 spiro atoms. The second kappa shape index (κ2) is 15.8. The van der Waals surface area contributed by atoms with Crippen molar-refractivity contribution < 1.29 is 43.1 Å². The zero-order chi connectivity index (χ0) is 24.4. The lowest BCUT2D eigenvalue weighted by Gasteiger charge is -2.06. The fraction of sp³-hybridized carbons (Fsp3) is 0.294. The van der Waals surface area contributed by atoms with E-state index in [1.165, 1.54) is 84.3 Å². The minimum atomic E-state index is 0. The van der Waals surface area contributed by atoms with Gasteiger partial charge in [-0.3, -0.25) is 0 Å². The molecule has 0 amide bonds. The number of fused-ring (bicyclic) bond motifs is 2. The molecule has 198 valence electrons. The van der Waals surface area contributed by atoms with Crippen LogP contribution in [0.15, 0.2) is 109 Å². The molecule has 0 bridgehead atoms. The number of aryl methyl sites for hydroxylation is 4. The molecule has 0 N–H and O–H groups in total. The molecule has 2 heterocycles. The number of pyridine rings is 2. The summed E-state index contributed by atoms with van der Waals surface area (Å²) >= 11 is 0. The third-order valence-electron chi connectivity index (χ3n) is 7.30. The van der Waals surface area contributed by atoms with Gasteiger partial charge in [-0.2, -0.15) is 9.13 Å². The average molecular weight is 635 g/mol. The highest BCUT2D eigenvalue weighted by Gasteiger charge is 2.08. The summed E-state index contributed by atoms with van der Waals surface area (Å²) in [4.78, 5) is 0. The lowest BCUT2D eigenvalue weighted by Crippen LogP contribution is -3.00. The molecule has 0 aliphatic heterocycles. The summed E-state index contributed by atoms with van der Waals surface area (Å²) in [6.07, 6.45) is 14.3. The van der Waals surface area contributed by atoms with E-state index in [1.54, 1.807) is 0 Å². The fourth-order valence-electron chi connectivity index (χ4n) is 5.35. The number of halogens is 2. The van der Waals surface area contributed by atoms with Crippen LogP contribution in [0.2, 0.25) is 0 Å². The Morgan fingerprint density at radius 3 is 1.37 bits per heavy atom. The van der Waals surface area contributed by atoms with Gasteiger partial charge in [0.15, 0.2) is 12.4 Å². The number of nitrogens with zero attached hydrogens (tertiary/aromatic N) is 2. The van der Waals surface area contributed by atoms with Crippen LogP contribution in [0.4, 0.5) is 0 Å². The normalized spacial score (nSPS) is 10.7. The maximum Gasteiger partial charge on any atom is 0.212 e. The van der Waals surface area contributed by atoms with E-state index in [0.29, 0.717) is 0 Å². The van der Waals surface area contributed by atoms with Gasteiger partial charge in [0.1, 0.15) is 13.1 Å². The van der Waals surface area contributed by atoms with Crippen molar-refractivity contribution in [3.8, 4) is 0 Å². The highest BCUT2D eigenvalue weighted by Crippen LogP contribution is 2.14. The zero-order valence-electron chi connectivity index (χ0n) is 22.1. The Kier molecular flexibility index (Phi) is 12.4. The summed E-state index contributed by atoms with van der Waals surface area (Å²) in [5.41, 5.74) is 5.67. The van der Waals surface area contributed by atoms with Crippen molar-refractivity contribution in [1.29, 1.82) is 0 Å². The van der Waals surface area contributed by atoms with E-state index in [-0.39, 0.29) is 34.0 Å². The van der Waals surface area contributed by atoms with Crippen molar-refractivity contribution in [3.05, 3.63) is 121 Å². The van der Waals surface area contributed by atoms with Gasteiger partial charge < -0.3 is 34.0 Å². The number of benzene rings is 3. The van der Waals surface area contributed by atoms with Crippen LogP contribution in [0.1, 0.15) is 49.7 Å². The predicted molar refractivity (Wildman–Crippen MR) is 150 cm³/mol. The smallest absolute Gasteiger partial charge is 0.212 e. The van der Waals surface area contributed by atoms with Crippen molar-refractivity contribution in [2.75, 3.05) is 0 Å². The Bertz CT molecular complexity index is 1300. The maximum atomic E-state index is 2.44. The third-order valence-corrected chi connectivity index (χ3v) is 7.30. The van der Waals surface area contributed by atoms with Crippen molar-refractivity contribution >= 4 is 21.8 Å². The van der Waals surface area contributed by atoms with Crippen LogP contribution < -0.4 is 43.1 Å². The number of para-hydroxylation sites is 2. The van der Waals surface area contributed by atoms with Gasteiger partial charge in [-0.25, -0.2) is 0 Å². The second-order valence-electron chi connectivity index (χ2n) is 9.96. The maximum absolute atomic E-state index is 2.44.